The summed E-state index contributed by atoms with van der Waals surface area (Å²) >= 11 is 0. The van der Waals surface area contributed by atoms with Gasteiger partial charge in [0.1, 0.15) is 0 Å². The first-order valence-electron chi connectivity index (χ1n) is 3.76. The van der Waals surface area contributed by atoms with Gasteiger partial charge in [-0.1, -0.05) is 44.2 Å². The maximum Gasteiger partial charge on any atom is 0.373 e. The maximum absolute atomic E-state index is 8.12. The van der Waals surface area contributed by atoms with Gasteiger partial charge >= 0.3 is 6.15 Å². The van der Waals surface area contributed by atoms with Crippen molar-refractivity contribution in [3.05, 3.63) is 35.9 Å². The summed E-state index contributed by atoms with van der Waals surface area (Å²) in [5.41, 5.74) is 1.41. The van der Waals surface area contributed by atoms with Crippen LogP contribution in [0.5, 0.6) is 0 Å². The predicted molar refractivity (Wildman–Crippen MR) is 45.5 cm³/mol. The molecule has 0 fully saturated rings. The van der Waals surface area contributed by atoms with Gasteiger partial charge in [-0.05, 0) is 11.5 Å². The second-order valence-corrected chi connectivity index (χ2v) is 2.65. The Morgan fingerprint density at radius 1 is 1.08 bits per heavy atom. The van der Waals surface area contributed by atoms with Gasteiger partial charge in [0.15, 0.2) is 0 Å². The second-order valence-electron chi connectivity index (χ2n) is 2.65. The van der Waals surface area contributed by atoms with Gasteiger partial charge in [-0.25, -0.2) is 0 Å². The average Bonchev–Trinajstić information content (AvgIpc) is 2.07. The van der Waals surface area contributed by atoms with Gasteiger partial charge in [0.05, 0.1) is 0 Å². The van der Waals surface area contributed by atoms with Crippen LogP contribution in [0.15, 0.2) is 30.3 Å². The molecule has 0 saturated carbocycles. The van der Waals surface area contributed by atoms with Crippen molar-refractivity contribution in [3.63, 3.8) is 0 Å². The maximum atomic E-state index is 8.12. The lowest BCUT2D eigenvalue weighted by molar-refractivity contribution is -0.191. The Balaban J connectivity index is 0.000000354. The van der Waals surface area contributed by atoms with E-state index in [2.05, 4.69) is 38.1 Å². The lowest BCUT2D eigenvalue weighted by Crippen LogP contribution is -1.83. The largest absolute Gasteiger partial charge is 0.373 e. The molecule has 0 aliphatic rings. The third-order valence-corrected chi connectivity index (χ3v) is 1.47. The Hall–Kier alpha value is -1.40. The summed E-state index contributed by atoms with van der Waals surface area (Å²) in [6.07, 6.45) is 0.250. The molecular weight excluding hydrogens is 152 g/mol. The molecule has 0 N–H and O–H groups in total. The molecule has 12 heavy (non-hydrogen) atoms. The molecule has 0 bridgehead atoms. The summed E-state index contributed by atoms with van der Waals surface area (Å²) < 4.78 is 0. The van der Waals surface area contributed by atoms with Crippen molar-refractivity contribution in [2.45, 2.75) is 19.8 Å². The van der Waals surface area contributed by atoms with E-state index in [1.165, 1.54) is 5.56 Å². The van der Waals surface area contributed by atoms with Gasteiger partial charge < -0.3 is 0 Å². The van der Waals surface area contributed by atoms with Gasteiger partial charge in [0, 0.05) is 0 Å². The highest BCUT2D eigenvalue weighted by Gasteiger charge is 1.93. The van der Waals surface area contributed by atoms with Crippen molar-refractivity contribution in [2.75, 3.05) is 0 Å². The van der Waals surface area contributed by atoms with Crippen molar-refractivity contribution in [3.8, 4) is 0 Å². The van der Waals surface area contributed by atoms with E-state index in [1.807, 2.05) is 6.07 Å². The Morgan fingerprint density at radius 2 is 1.50 bits per heavy atom. The molecule has 64 valence electrons. The summed E-state index contributed by atoms with van der Waals surface area (Å²) in [5.74, 6) is 0.659. The number of rotatable bonds is 1. The van der Waals surface area contributed by atoms with Crippen molar-refractivity contribution in [2.24, 2.45) is 0 Å². The minimum Gasteiger partial charge on any atom is -0.186 e. The van der Waals surface area contributed by atoms with Gasteiger partial charge in [0.25, 0.3) is 0 Å². The van der Waals surface area contributed by atoms with Crippen LogP contribution in [0.2, 0.25) is 0 Å². The van der Waals surface area contributed by atoms with E-state index in [4.69, 9.17) is 9.59 Å². The first-order chi connectivity index (χ1) is 5.72. The van der Waals surface area contributed by atoms with Crippen LogP contribution >= 0.6 is 0 Å². The van der Waals surface area contributed by atoms with Crippen LogP contribution < -0.4 is 0 Å². The smallest absolute Gasteiger partial charge is 0.186 e. The molecule has 0 amide bonds. The summed E-state index contributed by atoms with van der Waals surface area (Å²) in [4.78, 5) is 16.2. The predicted octanol–water partition coefficient (Wildman–Crippen LogP) is 2.23. The van der Waals surface area contributed by atoms with Gasteiger partial charge in [-0.3, -0.25) is 0 Å². The van der Waals surface area contributed by atoms with E-state index in [-0.39, 0.29) is 6.15 Å². The first-order valence-corrected chi connectivity index (χ1v) is 3.76. The molecule has 0 aliphatic heterocycles. The van der Waals surface area contributed by atoms with Crippen LogP contribution in [0.1, 0.15) is 25.3 Å². The van der Waals surface area contributed by atoms with Gasteiger partial charge in [-0.2, -0.15) is 9.59 Å². The molecule has 1 rings (SSSR count). The van der Waals surface area contributed by atoms with Crippen molar-refractivity contribution in [1.82, 2.24) is 0 Å². The molecule has 1 aromatic rings. The van der Waals surface area contributed by atoms with E-state index < -0.39 is 0 Å². The van der Waals surface area contributed by atoms with E-state index >= 15 is 0 Å². The van der Waals surface area contributed by atoms with E-state index in [9.17, 15) is 0 Å². The van der Waals surface area contributed by atoms with Gasteiger partial charge in [0.2, 0.25) is 0 Å². The van der Waals surface area contributed by atoms with Crippen LogP contribution in [0.25, 0.3) is 0 Å². The molecule has 0 unspecified atom stereocenters. The lowest BCUT2D eigenvalue weighted by Gasteiger charge is -2.01. The van der Waals surface area contributed by atoms with Crippen molar-refractivity contribution in [1.29, 1.82) is 0 Å². The first kappa shape index (κ1) is 10.6. The number of hydrogen-bond acceptors (Lipinski definition) is 2. The molecule has 0 saturated heterocycles. The SMILES string of the molecule is CC(C)c1ccccc1.O=C=O. The minimum atomic E-state index is 0.250. The zero-order valence-electron chi connectivity index (χ0n) is 7.28. The van der Waals surface area contributed by atoms with Crippen LogP contribution in [0, 0.1) is 0 Å². The Morgan fingerprint density at radius 3 is 1.75 bits per heavy atom. The minimum absolute atomic E-state index is 0.250. The summed E-state index contributed by atoms with van der Waals surface area (Å²) in [7, 11) is 0. The number of benzene rings is 1. The van der Waals surface area contributed by atoms with E-state index in [1.54, 1.807) is 0 Å². The molecule has 0 aromatic heterocycles. The normalized spacial score (nSPS) is 8.25. The molecule has 0 aliphatic carbocycles. The molecule has 0 radical (unpaired) electrons. The van der Waals surface area contributed by atoms with Crippen molar-refractivity contribution >= 4 is 6.15 Å². The highest BCUT2D eigenvalue weighted by Crippen LogP contribution is 2.11. The quantitative estimate of drug-likeness (QED) is 0.637. The Bertz CT molecular complexity index is 233. The van der Waals surface area contributed by atoms with E-state index in [0.29, 0.717) is 5.92 Å². The zero-order valence-corrected chi connectivity index (χ0v) is 7.28. The number of carbonyl (C=O) groups excluding carboxylic acids is 2. The highest BCUT2D eigenvalue weighted by atomic mass is 16.2. The third-order valence-electron chi connectivity index (χ3n) is 1.47. The van der Waals surface area contributed by atoms with Crippen LogP contribution in [0.4, 0.5) is 0 Å². The highest BCUT2D eigenvalue weighted by molar-refractivity contribution is 5.20. The molecule has 2 nitrogen and oxygen atoms in total. The molecule has 0 spiro atoms. The van der Waals surface area contributed by atoms with Crippen LogP contribution in [-0.4, -0.2) is 6.15 Å². The Labute approximate surface area is 72.2 Å². The zero-order chi connectivity index (χ0) is 9.40. The summed E-state index contributed by atoms with van der Waals surface area (Å²) in [5, 5.41) is 0. The third kappa shape index (κ3) is 4.42. The topological polar surface area (TPSA) is 34.1 Å². The molecule has 1 aromatic carbocycles. The lowest BCUT2D eigenvalue weighted by atomic mass is 10.0. The number of hydrogen-bond donors (Lipinski definition) is 0. The second kappa shape index (κ2) is 6.32. The monoisotopic (exact) mass is 164 g/mol. The fraction of sp³-hybridized carbons (Fsp3) is 0.300. The summed E-state index contributed by atoms with van der Waals surface area (Å²) in [6, 6.07) is 10.5. The average molecular weight is 164 g/mol. The molecule has 0 heterocycles. The Kier molecular flexibility index (Phi) is 5.58. The van der Waals surface area contributed by atoms with Crippen LogP contribution in [0.3, 0.4) is 0 Å². The molecular formula is C10H12O2. The fourth-order valence-corrected chi connectivity index (χ4v) is 0.838. The van der Waals surface area contributed by atoms with Gasteiger partial charge in [-0.15, -0.1) is 0 Å². The molecule has 2 heteroatoms. The van der Waals surface area contributed by atoms with E-state index in [0.717, 1.165) is 0 Å². The van der Waals surface area contributed by atoms with Crippen LogP contribution in [-0.2, 0) is 9.59 Å². The summed E-state index contributed by atoms with van der Waals surface area (Å²) in [6.45, 7) is 4.41. The molecule has 0 atom stereocenters. The fourth-order valence-electron chi connectivity index (χ4n) is 0.838. The van der Waals surface area contributed by atoms with Crippen molar-refractivity contribution < 1.29 is 9.59 Å². The standard InChI is InChI=1S/C9H12.CO2/c1-8(2)9-6-4-3-5-7-9;2-1-3/h3-8H,1-2H3;.